The van der Waals surface area contributed by atoms with Gasteiger partial charge >= 0.3 is 0 Å². The van der Waals surface area contributed by atoms with Gasteiger partial charge in [-0.15, -0.1) is 0 Å². The molecule has 0 amide bonds. The predicted octanol–water partition coefficient (Wildman–Crippen LogP) is 5.10. The smallest absolute Gasteiger partial charge is 0.186 e. The Morgan fingerprint density at radius 3 is 2.48 bits per heavy atom. The first-order chi connectivity index (χ1) is 10.2. The first kappa shape index (κ1) is 13.8. The Morgan fingerprint density at radius 2 is 1.71 bits per heavy atom. The number of benzene rings is 2. The van der Waals surface area contributed by atoms with Crippen LogP contribution in [-0.2, 0) is 0 Å². The second kappa shape index (κ2) is 5.70. The first-order valence-electron chi connectivity index (χ1n) is 6.71. The molecule has 2 aromatic carbocycles. The van der Waals surface area contributed by atoms with Crippen molar-refractivity contribution in [3.05, 3.63) is 77.5 Å². The maximum Gasteiger partial charge on any atom is 0.186 e. The van der Waals surface area contributed by atoms with Crippen molar-refractivity contribution in [1.29, 1.82) is 0 Å². The van der Waals surface area contributed by atoms with E-state index < -0.39 is 0 Å². The van der Waals surface area contributed by atoms with E-state index in [1.165, 1.54) is 0 Å². The Bertz CT molecular complexity index is 831. The molecular weight excluding hydrogens is 326 g/mol. The zero-order valence-electron chi connectivity index (χ0n) is 11.6. The Labute approximate surface area is 131 Å². The monoisotopic (exact) mass is 339 g/mol. The molecule has 0 saturated carbocycles. The summed E-state index contributed by atoms with van der Waals surface area (Å²) in [7, 11) is 0. The summed E-state index contributed by atoms with van der Waals surface area (Å²) in [6, 6.07) is 17.4. The lowest BCUT2D eigenvalue weighted by Gasteiger charge is -2.01. The van der Waals surface area contributed by atoms with Gasteiger partial charge in [-0.1, -0.05) is 48.5 Å². The topological polar surface area (TPSA) is 32.9 Å². The number of aromatic nitrogens is 1. The molecule has 0 aliphatic rings. The van der Waals surface area contributed by atoms with Crippen LogP contribution in [0.15, 0.2) is 60.7 Å². The van der Waals surface area contributed by atoms with Crippen molar-refractivity contribution in [3.63, 3.8) is 0 Å². The molecule has 1 N–H and O–H groups in total. The van der Waals surface area contributed by atoms with Crippen LogP contribution in [0.1, 0.15) is 21.6 Å². The summed E-state index contributed by atoms with van der Waals surface area (Å²) < 4.78 is 0.798. The Hall–Kier alpha value is -2.13. The minimum absolute atomic E-state index is 0.00726. The van der Waals surface area contributed by atoms with Crippen molar-refractivity contribution < 1.29 is 4.79 Å². The number of ketones is 1. The van der Waals surface area contributed by atoms with Gasteiger partial charge in [-0.25, -0.2) is 0 Å². The first-order valence-corrected chi connectivity index (χ1v) is 7.50. The molecular formula is C18H14BrNO. The lowest BCUT2D eigenvalue weighted by Crippen LogP contribution is -1.94. The van der Waals surface area contributed by atoms with Crippen molar-refractivity contribution in [2.45, 2.75) is 6.92 Å². The van der Waals surface area contributed by atoms with E-state index in [0.29, 0.717) is 5.56 Å². The van der Waals surface area contributed by atoms with Crippen LogP contribution in [0.2, 0.25) is 0 Å². The molecule has 0 unspecified atom stereocenters. The zero-order valence-corrected chi connectivity index (χ0v) is 13.1. The average Bonchev–Trinajstić information content (AvgIpc) is 2.83. The quantitative estimate of drug-likeness (QED) is 0.522. The molecule has 0 spiro atoms. The van der Waals surface area contributed by atoms with Crippen molar-refractivity contribution in [2.75, 3.05) is 0 Å². The van der Waals surface area contributed by atoms with E-state index in [-0.39, 0.29) is 5.78 Å². The number of hydrogen-bond acceptors (Lipinski definition) is 1. The van der Waals surface area contributed by atoms with E-state index in [2.05, 4.69) is 27.0 Å². The third-order valence-electron chi connectivity index (χ3n) is 3.45. The summed E-state index contributed by atoms with van der Waals surface area (Å²) in [6.45, 7) is 2.01. The van der Waals surface area contributed by atoms with Crippen LogP contribution in [0, 0.1) is 6.92 Å². The Kier molecular flexibility index (Phi) is 3.76. The number of nitrogens with one attached hydrogen (secondary N) is 1. The van der Waals surface area contributed by atoms with E-state index in [0.717, 1.165) is 26.6 Å². The molecule has 3 aromatic rings. The fraction of sp³-hybridized carbons (Fsp3) is 0.0556. The van der Waals surface area contributed by atoms with Gasteiger partial charge < -0.3 is 4.98 Å². The molecule has 0 aliphatic carbocycles. The van der Waals surface area contributed by atoms with Crippen LogP contribution < -0.4 is 0 Å². The molecule has 0 bridgehead atoms. The van der Waals surface area contributed by atoms with Crippen molar-refractivity contribution in [3.8, 4) is 0 Å². The van der Waals surface area contributed by atoms with Crippen LogP contribution in [0.4, 0.5) is 0 Å². The lowest BCUT2D eigenvalue weighted by molar-refractivity contribution is 0.104. The summed E-state index contributed by atoms with van der Waals surface area (Å²) in [5, 5.41) is 1.11. The minimum Gasteiger partial charge on any atom is -0.358 e. The number of para-hydroxylation sites is 1. The van der Waals surface area contributed by atoms with Crippen molar-refractivity contribution in [1.82, 2.24) is 4.98 Å². The standard InChI is InChI=1S/C18H14BrNO/c1-12-18(14-9-5-6-10-16(14)20-12)15(19)11-17(21)13-7-3-2-4-8-13/h2-11,20H,1H3/b15-11-. The highest BCUT2D eigenvalue weighted by molar-refractivity contribution is 9.15. The molecule has 0 radical (unpaired) electrons. The van der Waals surface area contributed by atoms with Gasteiger partial charge in [-0.05, 0) is 28.9 Å². The Morgan fingerprint density at radius 1 is 1.05 bits per heavy atom. The molecule has 0 atom stereocenters. The lowest BCUT2D eigenvalue weighted by atomic mass is 10.1. The molecule has 21 heavy (non-hydrogen) atoms. The second-order valence-electron chi connectivity index (χ2n) is 4.89. The van der Waals surface area contributed by atoms with E-state index in [4.69, 9.17) is 0 Å². The van der Waals surface area contributed by atoms with Gasteiger partial charge in [0, 0.05) is 38.3 Å². The van der Waals surface area contributed by atoms with E-state index in [1.54, 1.807) is 6.08 Å². The average molecular weight is 340 g/mol. The number of H-pyrrole nitrogens is 1. The number of aryl methyl sites for hydroxylation is 1. The minimum atomic E-state index is -0.00726. The number of aromatic amines is 1. The van der Waals surface area contributed by atoms with Crippen LogP contribution in [0.25, 0.3) is 15.4 Å². The maximum absolute atomic E-state index is 12.3. The van der Waals surface area contributed by atoms with Gasteiger partial charge in [0.2, 0.25) is 0 Å². The fourth-order valence-electron chi connectivity index (χ4n) is 2.46. The van der Waals surface area contributed by atoms with Crippen LogP contribution in [-0.4, -0.2) is 10.8 Å². The fourth-order valence-corrected chi connectivity index (χ4v) is 3.18. The molecule has 0 saturated heterocycles. The second-order valence-corrected chi connectivity index (χ2v) is 5.75. The van der Waals surface area contributed by atoms with Crippen LogP contribution >= 0.6 is 15.9 Å². The molecule has 1 heterocycles. The van der Waals surface area contributed by atoms with E-state index >= 15 is 0 Å². The van der Waals surface area contributed by atoms with Gasteiger partial charge in [-0.2, -0.15) is 0 Å². The largest absolute Gasteiger partial charge is 0.358 e. The number of fused-ring (bicyclic) bond motifs is 1. The van der Waals surface area contributed by atoms with Gasteiger partial charge in [0.15, 0.2) is 5.78 Å². The van der Waals surface area contributed by atoms with Gasteiger partial charge in [0.1, 0.15) is 0 Å². The highest BCUT2D eigenvalue weighted by Gasteiger charge is 2.12. The van der Waals surface area contributed by atoms with Gasteiger partial charge in [0.25, 0.3) is 0 Å². The summed E-state index contributed by atoms with van der Waals surface area (Å²) in [5.41, 5.74) is 3.84. The number of rotatable bonds is 3. The number of hydrogen-bond donors (Lipinski definition) is 1. The summed E-state index contributed by atoms with van der Waals surface area (Å²) in [5.74, 6) is -0.00726. The van der Waals surface area contributed by atoms with Crippen LogP contribution in [0.5, 0.6) is 0 Å². The van der Waals surface area contributed by atoms with Crippen molar-refractivity contribution in [2.24, 2.45) is 0 Å². The maximum atomic E-state index is 12.3. The molecule has 2 nitrogen and oxygen atoms in total. The predicted molar refractivity (Wildman–Crippen MR) is 90.7 cm³/mol. The Balaban J connectivity index is 2.04. The number of carbonyl (C=O) groups excluding carboxylic acids is 1. The summed E-state index contributed by atoms with van der Waals surface area (Å²) in [6.07, 6.45) is 1.64. The van der Waals surface area contributed by atoms with Gasteiger partial charge in [-0.3, -0.25) is 4.79 Å². The molecule has 0 aliphatic heterocycles. The highest BCUT2D eigenvalue weighted by Crippen LogP contribution is 2.32. The van der Waals surface area contributed by atoms with Crippen LogP contribution in [0.3, 0.4) is 0 Å². The normalized spacial score (nSPS) is 11.8. The summed E-state index contributed by atoms with van der Waals surface area (Å²) >= 11 is 3.56. The number of carbonyl (C=O) groups is 1. The van der Waals surface area contributed by atoms with E-state index in [9.17, 15) is 4.79 Å². The molecule has 3 heteroatoms. The zero-order chi connectivity index (χ0) is 14.8. The third-order valence-corrected chi connectivity index (χ3v) is 4.07. The molecule has 3 rings (SSSR count). The van der Waals surface area contributed by atoms with Gasteiger partial charge in [0.05, 0.1) is 0 Å². The molecule has 0 fully saturated rings. The number of allylic oxidation sites excluding steroid dienone is 1. The third kappa shape index (κ3) is 2.69. The highest BCUT2D eigenvalue weighted by atomic mass is 79.9. The number of halogens is 1. The SMILES string of the molecule is Cc1[nH]c2ccccc2c1/C(Br)=C/C(=O)c1ccccc1. The van der Waals surface area contributed by atoms with E-state index in [1.807, 2.05) is 55.5 Å². The molecule has 1 aromatic heterocycles. The summed E-state index contributed by atoms with van der Waals surface area (Å²) in [4.78, 5) is 15.6. The van der Waals surface area contributed by atoms with Crippen molar-refractivity contribution >= 4 is 37.1 Å². The molecule has 104 valence electrons.